The SMILES string of the molecule is CNC(Cc1cccc(F)c1)c1cc(C)oc1C. The van der Waals surface area contributed by atoms with Crippen LogP contribution < -0.4 is 5.32 Å². The summed E-state index contributed by atoms with van der Waals surface area (Å²) in [4.78, 5) is 0. The fraction of sp³-hybridized carbons (Fsp3) is 0.333. The second-order valence-electron chi connectivity index (χ2n) is 4.54. The maximum absolute atomic E-state index is 13.2. The Morgan fingerprint density at radius 3 is 2.61 bits per heavy atom. The second kappa shape index (κ2) is 5.36. The monoisotopic (exact) mass is 247 g/mol. The van der Waals surface area contributed by atoms with E-state index in [1.807, 2.05) is 33.0 Å². The van der Waals surface area contributed by atoms with Gasteiger partial charge in [-0.3, -0.25) is 0 Å². The highest BCUT2D eigenvalue weighted by atomic mass is 19.1. The summed E-state index contributed by atoms with van der Waals surface area (Å²) >= 11 is 0. The molecule has 2 aromatic rings. The normalized spacial score (nSPS) is 12.7. The minimum absolute atomic E-state index is 0.143. The van der Waals surface area contributed by atoms with E-state index in [2.05, 4.69) is 5.32 Å². The number of furan rings is 1. The van der Waals surface area contributed by atoms with Crippen LogP contribution in [0.15, 0.2) is 34.7 Å². The van der Waals surface area contributed by atoms with Crippen LogP contribution in [0.5, 0.6) is 0 Å². The fourth-order valence-electron chi connectivity index (χ4n) is 2.26. The quantitative estimate of drug-likeness (QED) is 0.894. The molecular weight excluding hydrogens is 229 g/mol. The van der Waals surface area contributed by atoms with Gasteiger partial charge in [-0.15, -0.1) is 0 Å². The van der Waals surface area contributed by atoms with Crippen molar-refractivity contribution < 1.29 is 8.81 Å². The van der Waals surface area contributed by atoms with Gasteiger partial charge in [0.2, 0.25) is 0 Å². The summed E-state index contributed by atoms with van der Waals surface area (Å²) in [6, 6.07) is 8.90. The van der Waals surface area contributed by atoms with Crippen LogP contribution in [-0.2, 0) is 6.42 Å². The van der Waals surface area contributed by atoms with E-state index >= 15 is 0 Å². The average Bonchev–Trinajstić information content (AvgIpc) is 2.65. The molecule has 2 nitrogen and oxygen atoms in total. The Morgan fingerprint density at radius 2 is 2.06 bits per heavy atom. The molecule has 1 N–H and O–H groups in total. The van der Waals surface area contributed by atoms with Crippen molar-refractivity contribution in [1.82, 2.24) is 5.32 Å². The molecule has 1 aromatic carbocycles. The molecule has 1 atom stereocenters. The lowest BCUT2D eigenvalue weighted by Gasteiger charge is -2.15. The molecule has 3 heteroatoms. The molecule has 1 heterocycles. The van der Waals surface area contributed by atoms with Crippen molar-refractivity contribution in [3.05, 3.63) is 58.8 Å². The molecule has 0 aliphatic rings. The molecule has 0 radical (unpaired) electrons. The summed E-state index contributed by atoms with van der Waals surface area (Å²) in [6.45, 7) is 3.89. The van der Waals surface area contributed by atoms with Gasteiger partial charge in [-0.25, -0.2) is 4.39 Å². The number of rotatable bonds is 4. The first-order chi connectivity index (χ1) is 8.60. The van der Waals surface area contributed by atoms with Crippen LogP contribution in [-0.4, -0.2) is 7.05 Å². The van der Waals surface area contributed by atoms with E-state index in [0.29, 0.717) is 0 Å². The van der Waals surface area contributed by atoms with Crippen LogP contribution in [0.1, 0.15) is 28.7 Å². The van der Waals surface area contributed by atoms with E-state index in [1.165, 1.54) is 6.07 Å². The summed E-state index contributed by atoms with van der Waals surface area (Å²) in [6.07, 6.45) is 0.744. The number of benzene rings is 1. The first-order valence-corrected chi connectivity index (χ1v) is 6.09. The third kappa shape index (κ3) is 2.79. The van der Waals surface area contributed by atoms with Gasteiger partial charge in [0.05, 0.1) is 0 Å². The lowest BCUT2D eigenvalue weighted by molar-refractivity contribution is 0.490. The summed E-state index contributed by atoms with van der Waals surface area (Å²) in [7, 11) is 1.91. The average molecular weight is 247 g/mol. The predicted molar refractivity (Wildman–Crippen MR) is 70.1 cm³/mol. The first kappa shape index (κ1) is 12.8. The molecule has 18 heavy (non-hydrogen) atoms. The second-order valence-corrected chi connectivity index (χ2v) is 4.54. The number of nitrogens with one attached hydrogen (secondary N) is 1. The molecule has 0 saturated carbocycles. The van der Waals surface area contributed by atoms with Crippen molar-refractivity contribution in [2.24, 2.45) is 0 Å². The molecule has 1 aromatic heterocycles. The molecule has 0 saturated heterocycles. The van der Waals surface area contributed by atoms with Crippen LogP contribution in [0.25, 0.3) is 0 Å². The Kier molecular flexibility index (Phi) is 3.82. The van der Waals surface area contributed by atoms with Crippen LogP contribution >= 0.6 is 0 Å². The number of hydrogen-bond acceptors (Lipinski definition) is 2. The summed E-state index contributed by atoms with van der Waals surface area (Å²) < 4.78 is 18.7. The Balaban J connectivity index is 2.22. The molecule has 0 aliphatic carbocycles. The number of aryl methyl sites for hydroxylation is 2. The molecule has 1 unspecified atom stereocenters. The molecule has 0 spiro atoms. The van der Waals surface area contributed by atoms with E-state index < -0.39 is 0 Å². The summed E-state index contributed by atoms with van der Waals surface area (Å²) in [5.74, 6) is 1.63. The third-order valence-corrected chi connectivity index (χ3v) is 3.13. The maximum atomic E-state index is 13.2. The van der Waals surface area contributed by atoms with Gasteiger partial charge in [0.25, 0.3) is 0 Å². The number of halogens is 1. The predicted octanol–water partition coefficient (Wildman–Crippen LogP) is 3.54. The van der Waals surface area contributed by atoms with Gasteiger partial charge >= 0.3 is 0 Å². The van der Waals surface area contributed by atoms with Gasteiger partial charge in [0.1, 0.15) is 17.3 Å². The van der Waals surface area contributed by atoms with Crippen LogP contribution in [0.2, 0.25) is 0 Å². The number of hydrogen-bond donors (Lipinski definition) is 1. The van der Waals surface area contributed by atoms with E-state index in [-0.39, 0.29) is 11.9 Å². The van der Waals surface area contributed by atoms with Gasteiger partial charge in [-0.1, -0.05) is 12.1 Å². The Bertz CT molecular complexity index is 533. The standard InChI is InChI=1S/C15H18FNO/c1-10-7-14(11(2)18-10)15(17-3)9-12-5-4-6-13(16)8-12/h4-8,15,17H,9H2,1-3H3. The van der Waals surface area contributed by atoms with Crippen molar-refractivity contribution in [2.45, 2.75) is 26.3 Å². The van der Waals surface area contributed by atoms with Gasteiger partial charge in [0.15, 0.2) is 0 Å². The van der Waals surface area contributed by atoms with E-state index in [9.17, 15) is 4.39 Å². The molecule has 96 valence electrons. The van der Waals surface area contributed by atoms with Crippen molar-refractivity contribution >= 4 is 0 Å². The van der Waals surface area contributed by atoms with Crippen LogP contribution in [0.4, 0.5) is 4.39 Å². The van der Waals surface area contributed by atoms with Crippen molar-refractivity contribution in [3.8, 4) is 0 Å². The van der Waals surface area contributed by atoms with Gasteiger partial charge < -0.3 is 9.73 Å². The van der Waals surface area contributed by atoms with E-state index in [1.54, 1.807) is 12.1 Å². The molecule has 0 bridgehead atoms. The zero-order valence-corrected chi connectivity index (χ0v) is 11.0. The zero-order valence-electron chi connectivity index (χ0n) is 11.0. The minimum Gasteiger partial charge on any atom is -0.466 e. The molecule has 2 rings (SSSR count). The number of likely N-dealkylation sites (N-methyl/N-ethyl adjacent to an activating group) is 1. The van der Waals surface area contributed by atoms with Crippen molar-refractivity contribution in [3.63, 3.8) is 0 Å². The molecule has 0 fully saturated rings. The Hall–Kier alpha value is -1.61. The largest absolute Gasteiger partial charge is 0.466 e. The van der Waals surface area contributed by atoms with Crippen molar-refractivity contribution in [1.29, 1.82) is 0 Å². The van der Waals surface area contributed by atoms with E-state index in [0.717, 1.165) is 29.1 Å². The highest BCUT2D eigenvalue weighted by Crippen LogP contribution is 2.24. The van der Waals surface area contributed by atoms with Gasteiger partial charge in [-0.05, 0) is 51.1 Å². The zero-order chi connectivity index (χ0) is 13.1. The smallest absolute Gasteiger partial charge is 0.123 e. The van der Waals surface area contributed by atoms with Crippen molar-refractivity contribution in [2.75, 3.05) is 7.05 Å². The fourth-order valence-corrected chi connectivity index (χ4v) is 2.26. The minimum atomic E-state index is -0.192. The molecular formula is C15H18FNO. The summed E-state index contributed by atoms with van der Waals surface area (Å²) in [5.41, 5.74) is 2.12. The van der Waals surface area contributed by atoms with Gasteiger partial charge in [0, 0.05) is 11.6 Å². The lowest BCUT2D eigenvalue weighted by atomic mass is 9.99. The topological polar surface area (TPSA) is 25.2 Å². The Labute approximate surface area is 107 Å². The summed E-state index contributed by atoms with van der Waals surface area (Å²) in [5, 5.41) is 3.26. The first-order valence-electron chi connectivity index (χ1n) is 6.09. The molecule has 0 aliphatic heterocycles. The van der Waals surface area contributed by atoms with Crippen LogP contribution in [0.3, 0.4) is 0 Å². The lowest BCUT2D eigenvalue weighted by Crippen LogP contribution is -2.19. The Morgan fingerprint density at radius 1 is 1.28 bits per heavy atom. The van der Waals surface area contributed by atoms with E-state index in [4.69, 9.17) is 4.42 Å². The highest BCUT2D eigenvalue weighted by Gasteiger charge is 2.16. The maximum Gasteiger partial charge on any atom is 0.123 e. The highest BCUT2D eigenvalue weighted by molar-refractivity contribution is 5.27. The van der Waals surface area contributed by atoms with Crippen LogP contribution in [0, 0.1) is 19.7 Å². The third-order valence-electron chi connectivity index (χ3n) is 3.13. The van der Waals surface area contributed by atoms with Gasteiger partial charge in [-0.2, -0.15) is 0 Å². The molecule has 0 amide bonds.